The Morgan fingerprint density at radius 1 is 1.21 bits per heavy atom. The zero-order valence-electron chi connectivity index (χ0n) is 17.5. The molecule has 1 aliphatic rings. The summed E-state index contributed by atoms with van der Waals surface area (Å²) in [6.07, 6.45) is 1.57. The lowest BCUT2D eigenvalue weighted by Gasteiger charge is -2.27. The summed E-state index contributed by atoms with van der Waals surface area (Å²) in [6, 6.07) is 6.36. The molecule has 2 amide bonds. The van der Waals surface area contributed by atoms with Crippen LogP contribution in [-0.2, 0) is 24.3 Å². The van der Waals surface area contributed by atoms with E-state index in [-0.39, 0.29) is 30.0 Å². The number of rotatable bonds is 8. The number of benzene rings is 1. The Labute approximate surface area is 173 Å². The van der Waals surface area contributed by atoms with Crippen molar-refractivity contribution in [3.8, 4) is 0 Å². The first-order valence-corrected chi connectivity index (χ1v) is 11.2. The predicted octanol–water partition coefficient (Wildman–Crippen LogP) is 1.20. The van der Waals surface area contributed by atoms with Crippen LogP contribution in [0.15, 0.2) is 29.2 Å². The summed E-state index contributed by atoms with van der Waals surface area (Å²) in [5, 5.41) is 2.82. The Bertz CT molecular complexity index is 810. The van der Waals surface area contributed by atoms with Crippen LogP contribution in [0.25, 0.3) is 0 Å². The van der Waals surface area contributed by atoms with Crippen molar-refractivity contribution in [3.05, 3.63) is 29.8 Å². The van der Waals surface area contributed by atoms with Crippen molar-refractivity contribution in [3.63, 3.8) is 0 Å². The minimum Gasteiger partial charge on any atom is -0.376 e. The van der Waals surface area contributed by atoms with E-state index in [2.05, 4.69) is 10.0 Å². The summed E-state index contributed by atoms with van der Waals surface area (Å²) >= 11 is 0. The number of sulfonamides is 1. The largest absolute Gasteiger partial charge is 0.376 e. The number of nitrogens with one attached hydrogen (secondary N) is 2. The maximum absolute atomic E-state index is 12.7. The summed E-state index contributed by atoms with van der Waals surface area (Å²) in [7, 11) is -3.82. The van der Waals surface area contributed by atoms with Crippen LogP contribution in [0.4, 0.5) is 0 Å². The van der Waals surface area contributed by atoms with E-state index in [1.165, 1.54) is 17.0 Å². The number of amides is 2. The van der Waals surface area contributed by atoms with E-state index in [1.807, 2.05) is 27.7 Å². The van der Waals surface area contributed by atoms with E-state index in [1.54, 1.807) is 12.1 Å². The minimum absolute atomic E-state index is 0.0899. The first-order valence-electron chi connectivity index (χ1n) is 9.73. The topological polar surface area (TPSA) is 105 Å². The average molecular weight is 426 g/mol. The van der Waals surface area contributed by atoms with Gasteiger partial charge in [-0.2, -0.15) is 0 Å². The Hall–Kier alpha value is -1.97. The van der Waals surface area contributed by atoms with Crippen molar-refractivity contribution < 1.29 is 22.7 Å². The second kappa shape index (κ2) is 9.69. The van der Waals surface area contributed by atoms with Crippen LogP contribution < -0.4 is 10.0 Å². The van der Waals surface area contributed by atoms with Crippen LogP contribution >= 0.6 is 0 Å². The molecule has 0 aromatic heterocycles. The Kier molecular flexibility index (Phi) is 7.79. The third-order valence-corrected chi connectivity index (χ3v) is 5.81. The number of carbonyl (C=O) groups excluding carboxylic acids is 2. The number of ether oxygens (including phenoxy) is 1. The van der Waals surface area contributed by atoms with Gasteiger partial charge in [-0.25, -0.2) is 13.1 Å². The van der Waals surface area contributed by atoms with Gasteiger partial charge in [-0.05, 0) is 52.7 Å². The Morgan fingerprint density at radius 3 is 2.41 bits per heavy atom. The molecular formula is C20H31N3O5S. The normalized spacial score (nSPS) is 17.2. The summed E-state index contributed by atoms with van der Waals surface area (Å²) < 4.78 is 32.8. The third kappa shape index (κ3) is 7.75. The smallest absolute Gasteiger partial charge is 0.241 e. The predicted molar refractivity (Wildman–Crippen MR) is 110 cm³/mol. The SMILES string of the molecule is Cc1ccc(S(=O)(=O)NCC(=O)N(CC(=O)NC(C)(C)C)CC2CCCO2)cc1. The van der Waals surface area contributed by atoms with Crippen molar-refractivity contribution in [2.45, 2.75) is 57.1 Å². The summed E-state index contributed by atoms with van der Waals surface area (Å²) in [4.78, 5) is 26.5. The lowest BCUT2D eigenvalue weighted by Crippen LogP contribution is -2.50. The van der Waals surface area contributed by atoms with Gasteiger partial charge in [0.05, 0.1) is 24.1 Å². The molecule has 1 unspecified atom stereocenters. The van der Waals surface area contributed by atoms with E-state index >= 15 is 0 Å². The fourth-order valence-electron chi connectivity index (χ4n) is 2.99. The highest BCUT2D eigenvalue weighted by atomic mass is 32.2. The second-order valence-corrected chi connectivity index (χ2v) is 10.1. The number of hydrogen-bond acceptors (Lipinski definition) is 5. The molecule has 1 fully saturated rings. The molecule has 29 heavy (non-hydrogen) atoms. The third-order valence-electron chi connectivity index (χ3n) is 4.39. The molecule has 1 aromatic rings. The molecule has 1 atom stereocenters. The Balaban J connectivity index is 2.03. The molecule has 0 aliphatic carbocycles. The molecule has 1 saturated heterocycles. The van der Waals surface area contributed by atoms with Gasteiger partial charge < -0.3 is 15.0 Å². The van der Waals surface area contributed by atoms with Gasteiger partial charge in [0.25, 0.3) is 0 Å². The highest BCUT2D eigenvalue weighted by Gasteiger charge is 2.26. The van der Waals surface area contributed by atoms with Gasteiger partial charge in [0.1, 0.15) is 0 Å². The fourth-order valence-corrected chi connectivity index (χ4v) is 3.96. The van der Waals surface area contributed by atoms with Gasteiger partial charge in [-0.15, -0.1) is 0 Å². The van der Waals surface area contributed by atoms with Crippen LogP contribution in [-0.4, -0.2) is 63.0 Å². The van der Waals surface area contributed by atoms with Gasteiger partial charge in [-0.3, -0.25) is 9.59 Å². The molecule has 1 aromatic carbocycles. The van der Waals surface area contributed by atoms with Gasteiger partial charge in [0.2, 0.25) is 21.8 Å². The van der Waals surface area contributed by atoms with E-state index in [4.69, 9.17) is 4.74 Å². The number of hydrogen-bond donors (Lipinski definition) is 2. The molecule has 9 heteroatoms. The summed E-state index contributed by atoms with van der Waals surface area (Å²) in [6.45, 7) is 7.73. The summed E-state index contributed by atoms with van der Waals surface area (Å²) in [5.74, 6) is -0.773. The van der Waals surface area contributed by atoms with Crippen LogP contribution in [0.3, 0.4) is 0 Å². The molecule has 0 bridgehead atoms. The van der Waals surface area contributed by atoms with Crippen LogP contribution in [0, 0.1) is 6.92 Å². The maximum Gasteiger partial charge on any atom is 0.241 e. The van der Waals surface area contributed by atoms with Crippen molar-refractivity contribution >= 4 is 21.8 Å². The van der Waals surface area contributed by atoms with Gasteiger partial charge in [0, 0.05) is 18.7 Å². The van der Waals surface area contributed by atoms with Crippen molar-refractivity contribution in [2.75, 3.05) is 26.2 Å². The van der Waals surface area contributed by atoms with Gasteiger partial charge in [-0.1, -0.05) is 17.7 Å². The van der Waals surface area contributed by atoms with E-state index in [0.717, 1.165) is 18.4 Å². The minimum atomic E-state index is -3.82. The second-order valence-electron chi connectivity index (χ2n) is 8.35. The molecule has 0 saturated carbocycles. The van der Waals surface area contributed by atoms with Crippen LogP contribution in [0.5, 0.6) is 0 Å². The zero-order valence-corrected chi connectivity index (χ0v) is 18.3. The lowest BCUT2D eigenvalue weighted by molar-refractivity contribution is -0.137. The molecule has 0 spiro atoms. The van der Waals surface area contributed by atoms with E-state index < -0.39 is 28.0 Å². The molecule has 2 N–H and O–H groups in total. The van der Waals surface area contributed by atoms with E-state index in [9.17, 15) is 18.0 Å². The quantitative estimate of drug-likeness (QED) is 0.651. The van der Waals surface area contributed by atoms with Crippen molar-refractivity contribution in [2.24, 2.45) is 0 Å². The highest BCUT2D eigenvalue weighted by molar-refractivity contribution is 7.89. The zero-order chi connectivity index (χ0) is 21.7. The molecule has 2 rings (SSSR count). The van der Waals surface area contributed by atoms with Gasteiger partial charge in [0.15, 0.2) is 0 Å². The number of nitrogens with zero attached hydrogens (tertiary/aromatic N) is 1. The molecule has 162 valence electrons. The molecular weight excluding hydrogens is 394 g/mol. The molecule has 1 heterocycles. The van der Waals surface area contributed by atoms with Crippen LogP contribution in [0.1, 0.15) is 39.2 Å². The first-order chi connectivity index (χ1) is 13.5. The standard InChI is InChI=1S/C20H31N3O5S/c1-15-7-9-17(10-8-15)29(26,27)21-12-19(25)23(13-16-6-5-11-28-16)14-18(24)22-20(2,3)4/h7-10,16,21H,5-6,11-14H2,1-4H3,(H,22,24). The van der Waals surface area contributed by atoms with Crippen molar-refractivity contribution in [1.82, 2.24) is 14.9 Å². The molecule has 1 aliphatic heterocycles. The average Bonchev–Trinajstić information content (AvgIpc) is 3.11. The number of carbonyl (C=O) groups is 2. The monoisotopic (exact) mass is 425 g/mol. The van der Waals surface area contributed by atoms with Crippen LogP contribution in [0.2, 0.25) is 0 Å². The Morgan fingerprint density at radius 2 is 1.86 bits per heavy atom. The highest BCUT2D eigenvalue weighted by Crippen LogP contribution is 2.14. The fraction of sp³-hybridized carbons (Fsp3) is 0.600. The van der Waals surface area contributed by atoms with Crippen molar-refractivity contribution in [1.29, 1.82) is 0 Å². The number of aryl methyl sites for hydroxylation is 1. The first kappa shape index (κ1) is 23.3. The lowest BCUT2D eigenvalue weighted by atomic mass is 10.1. The summed E-state index contributed by atoms with van der Waals surface area (Å²) in [5.41, 5.74) is 0.510. The molecule has 0 radical (unpaired) electrons. The van der Waals surface area contributed by atoms with E-state index in [0.29, 0.717) is 6.61 Å². The van der Waals surface area contributed by atoms with Gasteiger partial charge >= 0.3 is 0 Å². The maximum atomic E-state index is 12.7. The molecule has 8 nitrogen and oxygen atoms in total.